The van der Waals surface area contributed by atoms with Gasteiger partial charge < -0.3 is 24.7 Å². The minimum absolute atomic E-state index is 0.308. The van der Waals surface area contributed by atoms with Gasteiger partial charge in [-0.1, -0.05) is 70.3 Å². The molecule has 38 heavy (non-hydrogen) atoms. The summed E-state index contributed by atoms with van der Waals surface area (Å²) in [6, 6.07) is 11.7. The van der Waals surface area contributed by atoms with Crippen molar-refractivity contribution in [2.75, 3.05) is 6.61 Å². The lowest BCUT2D eigenvalue weighted by Gasteiger charge is -2.20. The second kappa shape index (κ2) is 12.1. The highest BCUT2D eigenvalue weighted by Crippen LogP contribution is 2.43. The molecule has 1 aromatic heterocycles. The van der Waals surface area contributed by atoms with Crippen LogP contribution in [0.15, 0.2) is 58.5 Å². The summed E-state index contributed by atoms with van der Waals surface area (Å²) < 4.78 is 21.7. The molecule has 204 valence electrons. The smallest absolute Gasteiger partial charge is 0.387 e. The van der Waals surface area contributed by atoms with E-state index in [0.29, 0.717) is 25.1 Å². The van der Waals surface area contributed by atoms with E-state index in [-0.39, 0.29) is 0 Å². The van der Waals surface area contributed by atoms with Crippen molar-refractivity contribution in [3.05, 3.63) is 90.4 Å². The number of ether oxygens (including phenoxy) is 1. The van der Waals surface area contributed by atoms with E-state index in [9.17, 15) is 19.6 Å². The molecule has 16 heteroatoms. The first kappa shape index (κ1) is 29.8. The predicted octanol–water partition coefficient (Wildman–Crippen LogP) is 4.47. The molecule has 0 amide bonds. The Balaban J connectivity index is 1.61. The maximum Gasteiger partial charge on any atom is 0.469 e. The van der Waals surface area contributed by atoms with Gasteiger partial charge >= 0.3 is 13.5 Å². The number of aromatic nitrogens is 2. The van der Waals surface area contributed by atoms with Crippen LogP contribution in [0.2, 0.25) is 20.1 Å². The number of thioether (sulfide) groups is 1. The predicted molar refractivity (Wildman–Crippen MR) is 143 cm³/mol. The van der Waals surface area contributed by atoms with E-state index in [1.54, 1.807) is 36.4 Å². The van der Waals surface area contributed by atoms with Gasteiger partial charge in [-0.05, 0) is 41.5 Å². The van der Waals surface area contributed by atoms with E-state index in [4.69, 9.17) is 60.9 Å². The molecule has 4 atom stereocenters. The van der Waals surface area contributed by atoms with Gasteiger partial charge in [0.15, 0.2) is 6.23 Å². The standard InChI is InChI=1S/C22H19Cl4N2O8PS/c23-12-3-1-10(7-14(12)25)20(11-2-4-13(24)15(26)8-11)38-17-5-6-28(22(31)27-17)21-19(30)18(29)16(36-21)9-35-37(32,33)34/h1-8,16,18-21,29-30H,9H2,(H2,32,33,34)/t16-,18-,19-,21-/m1/s1. The first-order valence-electron chi connectivity index (χ1n) is 10.7. The summed E-state index contributed by atoms with van der Waals surface area (Å²) in [6.07, 6.45) is -4.49. The Kier molecular flexibility index (Phi) is 9.52. The van der Waals surface area contributed by atoms with Crippen LogP contribution in [0.4, 0.5) is 0 Å². The van der Waals surface area contributed by atoms with Gasteiger partial charge in [-0.3, -0.25) is 9.09 Å². The van der Waals surface area contributed by atoms with Crippen LogP contribution in [-0.4, -0.2) is 54.5 Å². The van der Waals surface area contributed by atoms with Gasteiger partial charge in [0.2, 0.25) is 0 Å². The highest BCUT2D eigenvalue weighted by atomic mass is 35.5. The summed E-state index contributed by atoms with van der Waals surface area (Å²) >= 11 is 25.9. The molecule has 0 radical (unpaired) electrons. The molecule has 2 heterocycles. The third-order valence-corrected chi connectivity index (χ3v) is 8.77. The highest BCUT2D eigenvalue weighted by molar-refractivity contribution is 7.99. The number of phosphoric acid groups is 1. The first-order chi connectivity index (χ1) is 17.8. The second-order valence-corrected chi connectivity index (χ2v) is 12.1. The van der Waals surface area contributed by atoms with Gasteiger partial charge in [0.1, 0.15) is 23.3 Å². The van der Waals surface area contributed by atoms with Gasteiger partial charge in [0, 0.05) is 6.20 Å². The van der Waals surface area contributed by atoms with Crippen molar-refractivity contribution in [1.29, 1.82) is 0 Å². The Bertz CT molecular complexity index is 1390. The zero-order chi connectivity index (χ0) is 27.8. The minimum Gasteiger partial charge on any atom is -0.387 e. The normalized spacial score (nSPS) is 21.8. The van der Waals surface area contributed by atoms with Crippen molar-refractivity contribution in [2.24, 2.45) is 0 Å². The fourth-order valence-electron chi connectivity index (χ4n) is 3.72. The molecule has 0 saturated carbocycles. The van der Waals surface area contributed by atoms with E-state index >= 15 is 0 Å². The molecule has 1 saturated heterocycles. The van der Waals surface area contributed by atoms with Crippen LogP contribution in [0.5, 0.6) is 0 Å². The SMILES string of the molecule is O=c1nc(SC(c2ccc(Cl)c(Cl)c2)c2ccc(Cl)c(Cl)c2)ccn1[C@@H]1O[C@H](COP(=O)(O)O)[C@@H](O)[C@H]1O. The summed E-state index contributed by atoms with van der Waals surface area (Å²) in [4.78, 5) is 34.7. The lowest BCUT2D eigenvalue weighted by atomic mass is 10.0. The zero-order valence-corrected chi connectivity index (χ0v) is 23.6. The quantitative estimate of drug-likeness (QED) is 0.157. The van der Waals surface area contributed by atoms with Crippen LogP contribution >= 0.6 is 66.0 Å². The Morgan fingerprint density at radius 1 is 0.974 bits per heavy atom. The summed E-state index contributed by atoms with van der Waals surface area (Å²) in [5.41, 5.74) is 0.698. The van der Waals surface area contributed by atoms with Crippen molar-refractivity contribution in [1.82, 2.24) is 9.55 Å². The summed E-state index contributed by atoms with van der Waals surface area (Å²) in [6.45, 7) is -0.704. The van der Waals surface area contributed by atoms with Crippen molar-refractivity contribution < 1.29 is 33.8 Å². The Morgan fingerprint density at radius 2 is 1.55 bits per heavy atom. The van der Waals surface area contributed by atoms with Gasteiger partial charge in [-0.2, -0.15) is 4.98 Å². The monoisotopic (exact) mass is 642 g/mol. The molecule has 1 fully saturated rings. The summed E-state index contributed by atoms with van der Waals surface area (Å²) in [5.74, 6) is 0. The lowest BCUT2D eigenvalue weighted by molar-refractivity contribution is -0.0544. The number of halogens is 4. The van der Waals surface area contributed by atoms with Crippen LogP contribution in [0, 0.1) is 0 Å². The minimum atomic E-state index is -4.84. The van der Waals surface area contributed by atoms with Crippen molar-refractivity contribution in [3.8, 4) is 0 Å². The van der Waals surface area contributed by atoms with Crippen molar-refractivity contribution >= 4 is 66.0 Å². The fraction of sp³-hybridized carbons (Fsp3) is 0.273. The van der Waals surface area contributed by atoms with E-state index < -0.39 is 49.9 Å². The molecule has 10 nitrogen and oxygen atoms in total. The second-order valence-electron chi connectivity index (χ2n) is 8.13. The third kappa shape index (κ3) is 6.93. The number of hydrogen-bond donors (Lipinski definition) is 4. The van der Waals surface area contributed by atoms with Gasteiger partial charge in [-0.15, -0.1) is 0 Å². The Morgan fingerprint density at radius 3 is 2.05 bits per heavy atom. The number of phosphoric ester groups is 1. The number of rotatable bonds is 8. The lowest BCUT2D eigenvalue weighted by Crippen LogP contribution is -2.36. The molecular weight excluding hydrogens is 625 g/mol. The molecule has 1 aliphatic rings. The Labute approximate surface area is 240 Å². The number of hydrogen-bond acceptors (Lipinski definition) is 8. The molecular formula is C22H19Cl4N2O8PS. The van der Waals surface area contributed by atoms with Crippen LogP contribution in [0.1, 0.15) is 22.6 Å². The summed E-state index contributed by atoms with van der Waals surface area (Å²) in [7, 11) is -4.84. The largest absolute Gasteiger partial charge is 0.469 e. The Hall–Kier alpha value is -1.18. The van der Waals surface area contributed by atoms with Gasteiger partial charge in [0.25, 0.3) is 0 Å². The molecule has 0 bridgehead atoms. The number of aliphatic hydroxyl groups excluding tert-OH is 2. The number of benzene rings is 2. The first-order valence-corrected chi connectivity index (χ1v) is 14.6. The van der Waals surface area contributed by atoms with E-state index in [0.717, 1.165) is 15.7 Å². The van der Waals surface area contributed by atoms with E-state index in [1.807, 2.05) is 0 Å². The van der Waals surface area contributed by atoms with Crippen LogP contribution < -0.4 is 5.69 Å². The number of aliphatic hydroxyl groups is 2. The molecule has 0 unspecified atom stereocenters. The van der Waals surface area contributed by atoms with Crippen molar-refractivity contribution in [3.63, 3.8) is 0 Å². The number of nitrogens with zero attached hydrogens (tertiary/aromatic N) is 2. The highest BCUT2D eigenvalue weighted by Gasteiger charge is 2.45. The van der Waals surface area contributed by atoms with Crippen LogP contribution in [0.25, 0.3) is 0 Å². The van der Waals surface area contributed by atoms with E-state index in [2.05, 4.69) is 9.51 Å². The molecule has 0 spiro atoms. The molecule has 2 aromatic carbocycles. The van der Waals surface area contributed by atoms with Crippen molar-refractivity contribution in [2.45, 2.75) is 34.8 Å². The molecule has 4 rings (SSSR count). The van der Waals surface area contributed by atoms with Gasteiger partial charge in [0.05, 0.1) is 31.9 Å². The fourth-order valence-corrected chi connectivity index (χ4v) is 5.76. The average Bonchev–Trinajstić information content (AvgIpc) is 3.13. The summed E-state index contributed by atoms with van der Waals surface area (Å²) in [5, 5.41) is 21.9. The topological polar surface area (TPSA) is 151 Å². The maximum absolute atomic E-state index is 12.9. The van der Waals surface area contributed by atoms with Crippen LogP contribution in [-0.2, 0) is 13.8 Å². The van der Waals surface area contributed by atoms with Gasteiger partial charge in [-0.25, -0.2) is 9.36 Å². The molecule has 3 aromatic rings. The maximum atomic E-state index is 12.9. The van der Waals surface area contributed by atoms with E-state index in [1.165, 1.54) is 24.0 Å². The zero-order valence-electron chi connectivity index (χ0n) is 18.9. The third-order valence-electron chi connectivity index (χ3n) is 5.55. The average molecular weight is 644 g/mol. The molecule has 4 N–H and O–H groups in total. The molecule has 0 aliphatic carbocycles. The molecule has 1 aliphatic heterocycles. The van der Waals surface area contributed by atoms with Crippen LogP contribution in [0.3, 0.4) is 0 Å².